The van der Waals surface area contributed by atoms with E-state index in [-0.39, 0.29) is 0 Å². The Morgan fingerprint density at radius 1 is 1.07 bits per heavy atom. The maximum absolute atomic E-state index is 5.82. The van der Waals surface area contributed by atoms with Crippen LogP contribution in [0.1, 0.15) is 38.2 Å². The summed E-state index contributed by atoms with van der Waals surface area (Å²) in [7, 11) is 0. The zero-order valence-electron chi connectivity index (χ0n) is 9.38. The van der Waals surface area contributed by atoms with Gasteiger partial charge in [-0.05, 0) is 37.0 Å². The normalized spacial score (nSPS) is 11.1. The fourth-order valence-corrected chi connectivity index (χ4v) is 1.58. The Labute approximate surface area is 98.0 Å². The molecule has 1 aromatic carbocycles. The van der Waals surface area contributed by atoms with Crippen LogP contribution in [0, 0.1) is 0 Å². The van der Waals surface area contributed by atoms with Gasteiger partial charge < -0.3 is 0 Å². The first-order valence-corrected chi connectivity index (χ1v) is 6.10. The standard InChI is InChI=1S/C14H19Cl/c1-2-3-4-5-6-7-8-13-9-11-14(15)12-10-13/h5-6,9-12H,2-4,7-8H2,1H3/b6-5-. The molecule has 0 aliphatic rings. The van der Waals surface area contributed by atoms with Gasteiger partial charge in [0.1, 0.15) is 0 Å². The van der Waals surface area contributed by atoms with Crippen LogP contribution >= 0.6 is 11.6 Å². The molecule has 15 heavy (non-hydrogen) atoms. The topological polar surface area (TPSA) is 0 Å². The van der Waals surface area contributed by atoms with Crippen LogP contribution in [0.2, 0.25) is 5.02 Å². The average molecular weight is 223 g/mol. The molecule has 0 amide bonds. The van der Waals surface area contributed by atoms with Gasteiger partial charge in [-0.25, -0.2) is 0 Å². The highest BCUT2D eigenvalue weighted by atomic mass is 35.5. The van der Waals surface area contributed by atoms with Gasteiger partial charge >= 0.3 is 0 Å². The molecule has 82 valence electrons. The maximum Gasteiger partial charge on any atom is 0.0406 e. The summed E-state index contributed by atoms with van der Waals surface area (Å²) in [4.78, 5) is 0. The Morgan fingerprint density at radius 2 is 1.73 bits per heavy atom. The first-order chi connectivity index (χ1) is 7.33. The van der Waals surface area contributed by atoms with E-state index < -0.39 is 0 Å². The molecule has 1 heteroatoms. The average Bonchev–Trinajstić information content (AvgIpc) is 2.26. The van der Waals surface area contributed by atoms with E-state index in [1.807, 2.05) is 12.1 Å². The van der Waals surface area contributed by atoms with Gasteiger partial charge in [0.05, 0.1) is 0 Å². The van der Waals surface area contributed by atoms with Crippen molar-refractivity contribution in [1.82, 2.24) is 0 Å². The molecule has 0 N–H and O–H groups in total. The van der Waals surface area contributed by atoms with Gasteiger partial charge in [0.2, 0.25) is 0 Å². The van der Waals surface area contributed by atoms with E-state index >= 15 is 0 Å². The molecule has 0 heterocycles. The van der Waals surface area contributed by atoms with Crippen molar-refractivity contribution in [1.29, 1.82) is 0 Å². The summed E-state index contributed by atoms with van der Waals surface area (Å²) in [6.45, 7) is 2.22. The minimum Gasteiger partial charge on any atom is -0.0885 e. The van der Waals surface area contributed by atoms with Crippen LogP contribution in [0.5, 0.6) is 0 Å². The van der Waals surface area contributed by atoms with Gasteiger partial charge in [0.15, 0.2) is 0 Å². The fraction of sp³-hybridized carbons (Fsp3) is 0.429. The lowest BCUT2D eigenvalue weighted by Crippen LogP contribution is -1.81. The molecule has 0 atom stereocenters. The third kappa shape index (κ3) is 5.64. The van der Waals surface area contributed by atoms with Gasteiger partial charge in [-0.1, -0.05) is 55.7 Å². The molecule has 0 aliphatic heterocycles. The van der Waals surface area contributed by atoms with Crippen molar-refractivity contribution in [3.63, 3.8) is 0 Å². The SMILES string of the molecule is CCCC/C=C\CCc1ccc(Cl)cc1. The number of unbranched alkanes of at least 4 members (excludes halogenated alkanes) is 2. The number of halogens is 1. The number of rotatable bonds is 6. The minimum atomic E-state index is 0.817. The van der Waals surface area contributed by atoms with Crippen LogP contribution < -0.4 is 0 Å². The van der Waals surface area contributed by atoms with E-state index in [0.29, 0.717) is 0 Å². The van der Waals surface area contributed by atoms with Gasteiger partial charge in [0.25, 0.3) is 0 Å². The van der Waals surface area contributed by atoms with Gasteiger partial charge in [-0.3, -0.25) is 0 Å². The summed E-state index contributed by atoms with van der Waals surface area (Å²) < 4.78 is 0. The minimum absolute atomic E-state index is 0.817. The molecule has 0 nitrogen and oxygen atoms in total. The molecule has 0 aromatic heterocycles. The first kappa shape index (κ1) is 12.3. The summed E-state index contributed by atoms with van der Waals surface area (Å²) in [6, 6.07) is 8.11. The van der Waals surface area contributed by atoms with Crippen molar-refractivity contribution in [2.45, 2.75) is 39.0 Å². The lowest BCUT2D eigenvalue weighted by molar-refractivity contribution is 0.811. The number of benzene rings is 1. The second-order valence-corrected chi connectivity index (χ2v) is 4.22. The highest BCUT2D eigenvalue weighted by molar-refractivity contribution is 6.30. The van der Waals surface area contributed by atoms with Crippen LogP contribution in [0.3, 0.4) is 0 Å². The summed E-state index contributed by atoms with van der Waals surface area (Å²) in [5.41, 5.74) is 1.36. The second-order valence-electron chi connectivity index (χ2n) is 3.78. The molecule has 0 aliphatic carbocycles. The predicted molar refractivity (Wildman–Crippen MR) is 68.4 cm³/mol. The molecular formula is C14H19Cl. The fourth-order valence-electron chi connectivity index (χ4n) is 1.46. The van der Waals surface area contributed by atoms with Gasteiger partial charge in [-0.2, -0.15) is 0 Å². The van der Waals surface area contributed by atoms with Crippen LogP contribution in [0.4, 0.5) is 0 Å². The quantitative estimate of drug-likeness (QED) is 0.468. The van der Waals surface area contributed by atoms with Crippen molar-refractivity contribution >= 4 is 11.6 Å². The molecule has 0 bridgehead atoms. The molecule has 0 fully saturated rings. The van der Waals surface area contributed by atoms with Crippen molar-refractivity contribution in [3.8, 4) is 0 Å². The molecule has 0 saturated carbocycles. The van der Waals surface area contributed by atoms with E-state index in [1.54, 1.807) is 0 Å². The van der Waals surface area contributed by atoms with E-state index in [1.165, 1.54) is 24.8 Å². The highest BCUT2D eigenvalue weighted by Gasteiger charge is 1.90. The molecular weight excluding hydrogens is 204 g/mol. The molecule has 0 saturated heterocycles. The lowest BCUT2D eigenvalue weighted by atomic mass is 10.1. The smallest absolute Gasteiger partial charge is 0.0406 e. The van der Waals surface area contributed by atoms with Crippen molar-refractivity contribution in [2.75, 3.05) is 0 Å². The van der Waals surface area contributed by atoms with E-state index in [0.717, 1.165) is 17.9 Å². The van der Waals surface area contributed by atoms with E-state index in [4.69, 9.17) is 11.6 Å². The third-order valence-electron chi connectivity index (χ3n) is 2.40. The largest absolute Gasteiger partial charge is 0.0885 e. The van der Waals surface area contributed by atoms with Crippen molar-refractivity contribution < 1.29 is 0 Å². The molecule has 1 aromatic rings. The first-order valence-electron chi connectivity index (χ1n) is 5.72. The van der Waals surface area contributed by atoms with Crippen LogP contribution in [0.15, 0.2) is 36.4 Å². The van der Waals surface area contributed by atoms with E-state index in [2.05, 4.69) is 31.2 Å². The third-order valence-corrected chi connectivity index (χ3v) is 2.66. The number of hydrogen-bond donors (Lipinski definition) is 0. The van der Waals surface area contributed by atoms with Crippen LogP contribution in [-0.4, -0.2) is 0 Å². The molecule has 1 rings (SSSR count). The predicted octanol–water partition coefficient (Wildman–Crippen LogP) is 5.02. The summed E-state index contributed by atoms with van der Waals surface area (Å²) >= 11 is 5.82. The van der Waals surface area contributed by atoms with Crippen LogP contribution in [-0.2, 0) is 6.42 Å². The zero-order valence-corrected chi connectivity index (χ0v) is 10.1. The Bertz CT molecular complexity index is 285. The summed E-state index contributed by atoms with van der Waals surface area (Å²) in [6.07, 6.45) is 10.6. The molecule has 0 unspecified atom stereocenters. The lowest BCUT2D eigenvalue weighted by Gasteiger charge is -1.97. The maximum atomic E-state index is 5.82. The monoisotopic (exact) mass is 222 g/mol. The second kappa shape index (κ2) is 7.53. The summed E-state index contributed by atoms with van der Waals surface area (Å²) in [5, 5.41) is 0.817. The Balaban J connectivity index is 2.20. The number of aryl methyl sites for hydroxylation is 1. The summed E-state index contributed by atoms with van der Waals surface area (Å²) in [5.74, 6) is 0. The molecule has 0 radical (unpaired) electrons. The van der Waals surface area contributed by atoms with E-state index in [9.17, 15) is 0 Å². The number of allylic oxidation sites excluding steroid dienone is 2. The highest BCUT2D eigenvalue weighted by Crippen LogP contribution is 2.11. The van der Waals surface area contributed by atoms with Crippen molar-refractivity contribution in [3.05, 3.63) is 47.0 Å². The Hall–Kier alpha value is -0.750. The zero-order chi connectivity index (χ0) is 10.9. The van der Waals surface area contributed by atoms with Gasteiger partial charge in [-0.15, -0.1) is 0 Å². The van der Waals surface area contributed by atoms with Crippen LogP contribution in [0.25, 0.3) is 0 Å². The van der Waals surface area contributed by atoms with Crippen molar-refractivity contribution in [2.24, 2.45) is 0 Å². The Morgan fingerprint density at radius 3 is 2.40 bits per heavy atom. The Kier molecular flexibility index (Phi) is 6.18. The number of hydrogen-bond acceptors (Lipinski definition) is 0. The molecule has 0 spiro atoms. The van der Waals surface area contributed by atoms with Gasteiger partial charge in [0, 0.05) is 5.02 Å².